The number of methoxy groups -OCH3 is 2. The van der Waals surface area contributed by atoms with Gasteiger partial charge < -0.3 is 14.0 Å². The van der Waals surface area contributed by atoms with Gasteiger partial charge in [-0.3, -0.25) is 0 Å². The van der Waals surface area contributed by atoms with Crippen molar-refractivity contribution in [3.63, 3.8) is 0 Å². The van der Waals surface area contributed by atoms with Gasteiger partial charge in [0.05, 0.1) is 30.1 Å². The summed E-state index contributed by atoms with van der Waals surface area (Å²) in [5.41, 5.74) is 1.95. The summed E-state index contributed by atoms with van der Waals surface area (Å²) in [5, 5.41) is -0.139. The van der Waals surface area contributed by atoms with Gasteiger partial charge in [0.2, 0.25) is 0 Å². The molecule has 0 aliphatic carbocycles. The molecular formula is C13H17ClN2O2. The highest BCUT2D eigenvalue weighted by Gasteiger charge is 2.15. The van der Waals surface area contributed by atoms with Crippen molar-refractivity contribution in [1.29, 1.82) is 0 Å². The van der Waals surface area contributed by atoms with Gasteiger partial charge in [-0.1, -0.05) is 0 Å². The van der Waals surface area contributed by atoms with Crippen molar-refractivity contribution < 1.29 is 9.47 Å². The van der Waals surface area contributed by atoms with Crippen LogP contribution in [0.3, 0.4) is 0 Å². The summed E-state index contributed by atoms with van der Waals surface area (Å²) in [6.45, 7) is 3.27. The summed E-state index contributed by atoms with van der Waals surface area (Å²) in [4.78, 5) is 4.56. The fraction of sp³-hybridized carbons (Fsp3) is 0.462. The van der Waals surface area contributed by atoms with Crippen molar-refractivity contribution in [2.75, 3.05) is 20.8 Å². The Hall–Kier alpha value is -1.26. The van der Waals surface area contributed by atoms with Crippen LogP contribution in [-0.2, 0) is 11.3 Å². The van der Waals surface area contributed by atoms with Crippen LogP contribution in [0, 0.1) is 0 Å². The Balaban J connectivity index is 2.54. The third-order valence-corrected chi connectivity index (χ3v) is 3.05. The Bertz CT molecular complexity index is 537. The third-order valence-electron chi connectivity index (χ3n) is 2.86. The van der Waals surface area contributed by atoms with Crippen LogP contribution >= 0.6 is 11.6 Å². The van der Waals surface area contributed by atoms with E-state index in [0.29, 0.717) is 6.61 Å². The Kier molecular flexibility index (Phi) is 4.09. The molecule has 0 amide bonds. The van der Waals surface area contributed by atoms with Crippen LogP contribution in [0.25, 0.3) is 11.0 Å². The Morgan fingerprint density at radius 2 is 2.17 bits per heavy atom. The maximum atomic E-state index is 6.18. The zero-order valence-corrected chi connectivity index (χ0v) is 11.6. The molecule has 0 saturated carbocycles. The topological polar surface area (TPSA) is 36.3 Å². The standard InChI is InChI=1S/C13H17ClN2O2/c1-9(14)13-15-11-5-4-10(18-3)8-12(11)16(13)6-7-17-2/h4-5,8-9H,6-7H2,1-3H3. The first-order chi connectivity index (χ1) is 8.67. The molecule has 0 bridgehead atoms. The van der Waals surface area contributed by atoms with E-state index in [1.807, 2.05) is 25.1 Å². The first kappa shape index (κ1) is 13.2. The number of imidazole rings is 1. The van der Waals surface area contributed by atoms with Crippen molar-refractivity contribution in [2.24, 2.45) is 0 Å². The van der Waals surface area contributed by atoms with E-state index in [1.165, 1.54) is 0 Å². The van der Waals surface area contributed by atoms with Gasteiger partial charge >= 0.3 is 0 Å². The van der Waals surface area contributed by atoms with Crippen molar-refractivity contribution in [3.05, 3.63) is 24.0 Å². The lowest BCUT2D eigenvalue weighted by atomic mass is 10.3. The minimum Gasteiger partial charge on any atom is -0.497 e. The molecule has 1 aromatic carbocycles. The summed E-state index contributed by atoms with van der Waals surface area (Å²) in [6, 6.07) is 5.82. The molecule has 2 rings (SSSR count). The molecule has 0 radical (unpaired) electrons. The largest absolute Gasteiger partial charge is 0.497 e. The SMILES string of the molecule is COCCn1c(C(C)Cl)nc2ccc(OC)cc21. The number of halogens is 1. The minimum atomic E-state index is -0.139. The molecule has 0 saturated heterocycles. The van der Waals surface area contributed by atoms with Crippen molar-refractivity contribution in [2.45, 2.75) is 18.8 Å². The van der Waals surface area contributed by atoms with E-state index in [0.717, 1.165) is 29.2 Å². The number of hydrogen-bond donors (Lipinski definition) is 0. The number of rotatable bonds is 5. The number of aromatic nitrogens is 2. The van der Waals surface area contributed by atoms with Gasteiger partial charge in [-0.2, -0.15) is 0 Å². The smallest absolute Gasteiger partial charge is 0.127 e. The van der Waals surface area contributed by atoms with E-state index in [9.17, 15) is 0 Å². The molecule has 1 atom stereocenters. The van der Waals surface area contributed by atoms with Gasteiger partial charge in [-0.05, 0) is 19.1 Å². The summed E-state index contributed by atoms with van der Waals surface area (Å²) in [6.07, 6.45) is 0. The molecular weight excluding hydrogens is 252 g/mol. The van der Waals surface area contributed by atoms with Crippen LogP contribution in [0.4, 0.5) is 0 Å². The van der Waals surface area contributed by atoms with E-state index in [1.54, 1.807) is 14.2 Å². The Morgan fingerprint density at radius 1 is 1.39 bits per heavy atom. The van der Waals surface area contributed by atoms with Gasteiger partial charge in [0, 0.05) is 19.7 Å². The summed E-state index contributed by atoms with van der Waals surface area (Å²) >= 11 is 6.18. The highest BCUT2D eigenvalue weighted by molar-refractivity contribution is 6.20. The van der Waals surface area contributed by atoms with Crippen LogP contribution in [0.5, 0.6) is 5.75 Å². The average Bonchev–Trinajstić information content (AvgIpc) is 2.74. The molecule has 1 unspecified atom stereocenters. The first-order valence-electron chi connectivity index (χ1n) is 5.84. The van der Waals surface area contributed by atoms with Crippen LogP contribution in [-0.4, -0.2) is 30.4 Å². The number of hydrogen-bond acceptors (Lipinski definition) is 3. The van der Waals surface area contributed by atoms with E-state index < -0.39 is 0 Å². The number of ether oxygens (including phenoxy) is 2. The van der Waals surface area contributed by atoms with Crippen molar-refractivity contribution >= 4 is 22.6 Å². The highest BCUT2D eigenvalue weighted by Crippen LogP contribution is 2.27. The summed E-state index contributed by atoms with van der Waals surface area (Å²) in [5.74, 6) is 1.67. The fourth-order valence-electron chi connectivity index (χ4n) is 1.97. The van der Waals surface area contributed by atoms with E-state index >= 15 is 0 Å². The van der Waals surface area contributed by atoms with Crippen LogP contribution in [0.1, 0.15) is 18.1 Å². The lowest BCUT2D eigenvalue weighted by Crippen LogP contribution is -2.08. The van der Waals surface area contributed by atoms with Gasteiger partial charge in [0.15, 0.2) is 0 Å². The normalized spacial score (nSPS) is 12.9. The van der Waals surface area contributed by atoms with Crippen LogP contribution in [0.2, 0.25) is 0 Å². The van der Waals surface area contributed by atoms with Gasteiger partial charge in [0.25, 0.3) is 0 Å². The summed E-state index contributed by atoms with van der Waals surface area (Å²) in [7, 11) is 3.34. The Morgan fingerprint density at radius 3 is 2.78 bits per heavy atom. The quantitative estimate of drug-likeness (QED) is 0.782. The van der Waals surface area contributed by atoms with Crippen LogP contribution in [0.15, 0.2) is 18.2 Å². The average molecular weight is 269 g/mol. The Labute approximate surface area is 111 Å². The lowest BCUT2D eigenvalue weighted by Gasteiger charge is -2.10. The number of alkyl halides is 1. The molecule has 1 heterocycles. The zero-order valence-electron chi connectivity index (χ0n) is 10.8. The molecule has 98 valence electrons. The van der Waals surface area contributed by atoms with E-state index in [2.05, 4.69) is 9.55 Å². The molecule has 4 nitrogen and oxygen atoms in total. The lowest BCUT2D eigenvalue weighted by molar-refractivity contribution is 0.187. The molecule has 5 heteroatoms. The predicted octanol–water partition coefficient (Wildman–Crippen LogP) is 2.99. The second kappa shape index (κ2) is 5.59. The molecule has 0 aliphatic heterocycles. The second-order valence-electron chi connectivity index (χ2n) is 4.09. The molecule has 0 spiro atoms. The maximum Gasteiger partial charge on any atom is 0.127 e. The molecule has 0 fully saturated rings. The van der Waals surface area contributed by atoms with Crippen LogP contribution < -0.4 is 4.74 Å². The fourth-order valence-corrected chi connectivity index (χ4v) is 2.14. The van der Waals surface area contributed by atoms with Gasteiger partial charge in [-0.25, -0.2) is 4.98 Å². The minimum absolute atomic E-state index is 0.139. The second-order valence-corrected chi connectivity index (χ2v) is 4.74. The third kappa shape index (κ3) is 2.44. The first-order valence-corrected chi connectivity index (χ1v) is 6.28. The number of fused-ring (bicyclic) bond motifs is 1. The van der Waals surface area contributed by atoms with E-state index in [-0.39, 0.29) is 5.38 Å². The van der Waals surface area contributed by atoms with Crippen molar-refractivity contribution in [1.82, 2.24) is 9.55 Å². The van der Waals surface area contributed by atoms with E-state index in [4.69, 9.17) is 21.1 Å². The number of benzene rings is 1. The zero-order chi connectivity index (χ0) is 13.1. The molecule has 0 aliphatic rings. The van der Waals surface area contributed by atoms with Gasteiger partial charge in [0.1, 0.15) is 11.6 Å². The van der Waals surface area contributed by atoms with Crippen molar-refractivity contribution in [3.8, 4) is 5.75 Å². The molecule has 0 N–H and O–H groups in total. The highest BCUT2D eigenvalue weighted by atomic mass is 35.5. The predicted molar refractivity (Wildman–Crippen MR) is 72.4 cm³/mol. The summed E-state index contributed by atoms with van der Waals surface area (Å²) < 4.78 is 12.5. The molecule has 2 aromatic rings. The maximum absolute atomic E-state index is 6.18. The number of nitrogens with zero attached hydrogens (tertiary/aromatic N) is 2. The molecule has 18 heavy (non-hydrogen) atoms. The van der Waals surface area contributed by atoms with Gasteiger partial charge in [-0.15, -0.1) is 11.6 Å². The monoisotopic (exact) mass is 268 g/mol. The molecule has 1 aromatic heterocycles.